The van der Waals surface area contributed by atoms with Crippen LogP contribution in [-0.2, 0) is 0 Å². The quantitative estimate of drug-likeness (QED) is 0.871. The second kappa shape index (κ2) is 7.26. The summed E-state index contributed by atoms with van der Waals surface area (Å²) in [7, 11) is 0. The minimum atomic E-state index is -0.0894. The van der Waals surface area contributed by atoms with Gasteiger partial charge in [0.15, 0.2) is 5.69 Å². The van der Waals surface area contributed by atoms with Gasteiger partial charge >= 0.3 is 0 Å². The molecule has 116 valence electrons. The normalized spacial score (nSPS) is 21.3. The number of nitrogens with one attached hydrogen (secondary N) is 2. The van der Waals surface area contributed by atoms with Crippen molar-refractivity contribution in [3.63, 3.8) is 0 Å². The lowest BCUT2D eigenvalue weighted by atomic mass is 10.0. The number of carbonyl (C=O) groups excluding carboxylic acids is 1. The second-order valence-electron chi connectivity index (χ2n) is 5.83. The number of nitrogens with zero attached hydrogens (tertiary/aromatic N) is 3. The molecule has 21 heavy (non-hydrogen) atoms. The molecule has 3 rings (SSSR count). The summed E-state index contributed by atoms with van der Waals surface area (Å²) >= 11 is 2.00. The molecule has 0 aliphatic carbocycles. The number of amides is 1. The Labute approximate surface area is 129 Å². The molecule has 1 aromatic heterocycles. The molecule has 2 N–H and O–H groups in total. The van der Waals surface area contributed by atoms with E-state index < -0.39 is 0 Å². The number of hydrogen-bond donors (Lipinski definition) is 2. The van der Waals surface area contributed by atoms with Crippen LogP contribution in [-0.4, -0.2) is 52.0 Å². The Morgan fingerprint density at radius 3 is 2.86 bits per heavy atom. The average Bonchev–Trinajstić information content (AvgIpc) is 3.04. The molecule has 2 aliphatic rings. The third-order valence-electron chi connectivity index (χ3n) is 4.32. The van der Waals surface area contributed by atoms with Gasteiger partial charge in [0.05, 0.1) is 12.2 Å². The monoisotopic (exact) mass is 309 g/mol. The number of hydrogen-bond acceptors (Lipinski definition) is 5. The maximum absolute atomic E-state index is 12.1. The van der Waals surface area contributed by atoms with Crippen molar-refractivity contribution in [1.29, 1.82) is 0 Å². The Morgan fingerprint density at radius 1 is 1.33 bits per heavy atom. The minimum absolute atomic E-state index is 0.0894. The Balaban J connectivity index is 1.51. The van der Waals surface area contributed by atoms with Crippen LogP contribution < -0.4 is 10.6 Å². The van der Waals surface area contributed by atoms with Crippen molar-refractivity contribution in [2.24, 2.45) is 5.92 Å². The summed E-state index contributed by atoms with van der Waals surface area (Å²) in [5, 5.41) is 14.5. The van der Waals surface area contributed by atoms with Gasteiger partial charge < -0.3 is 10.6 Å². The average molecular weight is 309 g/mol. The third-order valence-corrected chi connectivity index (χ3v) is 5.37. The molecule has 2 aliphatic heterocycles. The predicted octanol–water partition coefficient (Wildman–Crippen LogP) is 1.08. The summed E-state index contributed by atoms with van der Waals surface area (Å²) < 4.78 is 1.85. The van der Waals surface area contributed by atoms with Gasteiger partial charge in [0.25, 0.3) is 5.91 Å². The fraction of sp³-hybridized carbons (Fsp3) is 0.786. The first-order valence-electron chi connectivity index (χ1n) is 7.81. The largest absolute Gasteiger partial charge is 0.350 e. The van der Waals surface area contributed by atoms with Crippen LogP contribution in [0.4, 0.5) is 0 Å². The molecule has 0 bridgehead atoms. The number of carbonyl (C=O) groups is 1. The summed E-state index contributed by atoms with van der Waals surface area (Å²) in [4.78, 5) is 12.1. The predicted molar refractivity (Wildman–Crippen MR) is 83.5 cm³/mol. The van der Waals surface area contributed by atoms with E-state index in [9.17, 15) is 4.79 Å². The van der Waals surface area contributed by atoms with Gasteiger partial charge in [-0.25, -0.2) is 4.68 Å². The second-order valence-corrected chi connectivity index (χ2v) is 7.06. The smallest absolute Gasteiger partial charge is 0.273 e. The molecule has 0 radical (unpaired) electrons. The fourth-order valence-electron chi connectivity index (χ4n) is 2.91. The van der Waals surface area contributed by atoms with Crippen LogP contribution in [0.5, 0.6) is 0 Å². The van der Waals surface area contributed by atoms with Crippen LogP contribution in [0.1, 0.15) is 42.2 Å². The summed E-state index contributed by atoms with van der Waals surface area (Å²) in [5.41, 5.74) is 0.443. The molecule has 3 heterocycles. The number of piperidine rings is 1. The Hall–Kier alpha value is -1.08. The van der Waals surface area contributed by atoms with Crippen LogP contribution in [0.15, 0.2) is 6.20 Å². The highest BCUT2D eigenvalue weighted by atomic mass is 32.2. The van der Waals surface area contributed by atoms with E-state index in [1.807, 2.05) is 16.4 Å². The van der Waals surface area contributed by atoms with Crippen molar-refractivity contribution >= 4 is 17.7 Å². The zero-order valence-corrected chi connectivity index (χ0v) is 13.1. The summed E-state index contributed by atoms with van der Waals surface area (Å²) in [6.07, 6.45) is 6.29. The van der Waals surface area contributed by atoms with E-state index in [-0.39, 0.29) is 5.91 Å². The molecule has 0 unspecified atom stereocenters. The fourth-order valence-corrected chi connectivity index (χ4v) is 4.11. The first kappa shape index (κ1) is 14.8. The van der Waals surface area contributed by atoms with Gasteiger partial charge in [-0.15, -0.1) is 5.10 Å². The van der Waals surface area contributed by atoms with Crippen molar-refractivity contribution in [3.05, 3.63) is 11.9 Å². The van der Waals surface area contributed by atoms with Crippen LogP contribution in [0, 0.1) is 5.92 Å². The van der Waals surface area contributed by atoms with Gasteiger partial charge in [-0.2, -0.15) is 11.8 Å². The van der Waals surface area contributed by atoms with E-state index >= 15 is 0 Å². The van der Waals surface area contributed by atoms with Gasteiger partial charge in [0.2, 0.25) is 0 Å². The first-order valence-corrected chi connectivity index (χ1v) is 8.97. The van der Waals surface area contributed by atoms with Gasteiger partial charge in [-0.3, -0.25) is 4.79 Å². The van der Waals surface area contributed by atoms with Crippen molar-refractivity contribution in [1.82, 2.24) is 25.6 Å². The maximum atomic E-state index is 12.1. The summed E-state index contributed by atoms with van der Waals surface area (Å²) in [6.45, 7) is 2.77. The van der Waals surface area contributed by atoms with Crippen LogP contribution in [0.3, 0.4) is 0 Å². The molecule has 0 spiro atoms. The standard InChI is InChI=1S/C14H23N5OS/c20-14(16-9-11-3-7-21-8-4-11)13-10-19(18-17-13)12-1-5-15-6-2-12/h10-12,15H,1-9H2,(H,16,20). The lowest BCUT2D eigenvalue weighted by Crippen LogP contribution is -2.31. The van der Waals surface area contributed by atoms with Crippen molar-refractivity contribution in [2.75, 3.05) is 31.1 Å². The molecular weight excluding hydrogens is 286 g/mol. The van der Waals surface area contributed by atoms with E-state index in [0.29, 0.717) is 17.7 Å². The third kappa shape index (κ3) is 3.97. The molecular formula is C14H23N5OS. The lowest BCUT2D eigenvalue weighted by Gasteiger charge is -2.22. The Kier molecular flexibility index (Phi) is 5.13. The zero-order valence-electron chi connectivity index (χ0n) is 12.3. The number of thioether (sulfide) groups is 1. The van der Waals surface area contributed by atoms with Crippen molar-refractivity contribution in [3.8, 4) is 0 Å². The zero-order chi connectivity index (χ0) is 14.5. The molecule has 7 heteroatoms. The lowest BCUT2D eigenvalue weighted by molar-refractivity contribution is 0.0941. The van der Waals surface area contributed by atoms with Crippen molar-refractivity contribution < 1.29 is 4.79 Å². The van der Waals surface area contributed by atoms with E-state index in [4.69, 9.17) is 0 Å². The van der Waals surface area contributed by atoms with Gasteiger partial charge in [0, 0.05) is 6.54 Å². The van der Waals surface area contributed by atoms with Gasteiger partial charge in [0.1, 0.15) is 0 Å². The molecule has 1 aromatic rings. The topological polar surface area (TPSA) is 71.8 Å². The maximum Gasteiger partial charge on any atom is 0.273 e. The van der Waals surface area contributed by atoms with E-state index in [0.717, 1.165) is 32.5 Å². The number of rotatable bonds is 4. The van der Waals surface area contributed by atoms with Crippen LogP contribution >= 0.6 is 11.8 Å². The molecule has 0 atom stereocenters. The molecule has 1 amide bonds. The molecule has 0 saturated carbocycles. The molecule has 6 nitrogen and oxygen atoms in total. The van der Waals surface area contributed by atoms with Gasteiger partial charge in [-0.05, 0) is 56.2 Å². The van der Waals surface area contributed by atoms with Crippen LogP contribution in [0.25, 0.3) is 0 Å². The minimum Gasteiger partial charge on any atom is -0.350 e. The SMILES string of the molecule is O=C(NCC1CCSCC1)c1cn(C2CCNCC2)nn1. The molecule has 2 saturated heterocycles. The highest BCUT2D eigenvalue weighted by Crippen LogP contribution is 2.22. The Morgan fingerprint density at radius 2 is 2.10 bits per heavy atom. The Bertz CT molecular complexity index is 466. The number of aromatic nitrogens is 3. The van der Waals surface area contributed by atoms with Crippen LogP contribution in [0.2, 0.25) is 0 Å². The summed E-state index contributed by atoms with van der Waals surface area (Å²) in [5.74, 6) is 2.96. The molecule has 0 aromatic carbocycles. The van der Waals surface area contributed by atoms with E-state index in [1.54, 1.807) is 6.20 Å². The van der Waals surface area contributed by atoms with Gasteiger partial charge in [-0.1, -0.05) is 5.21 Å². The summed E-state index contributed by atoms with van der Waals surface area (Å²) in [6, 6.07) is 0.371. The first-order chi connectivity index (χ1) is 10.3. The highest BCUT2D eigenvalue weighted by Gasteiger charge is 2.20. The molecule has 2 fully saturated rings. The van der Waals surface area contributed by atoms with E-state index in [2.05, 4.69) is 20.9 Å². The van der Waals surface area contributed by atoms with Crippen molar-refractivity contribution in [2.45, 2.75) is 31.7 Å². The highest BCUT2D eigenvalue weighted by molar-refractivity contribution is 7.99. The van der Waals surface area contributed by atoms with E-state index in [1.165, 1.54) is 24.3 Å².